The smallest absolute Gasteiger partial charge is 0.413 e. The third-order valence-corrected chi connectivity index (χ3v) is 8.60. The summed E-state index contributed by atoms with van der Waals surface area (Å²) in [7, 11) is 0. The van der Waals surface area contributed by atoms with E-state index in [2.05, 4.69) is 78.5 Å². The normalized spacial score (nSPS) is 13.3. The molecule has 5 aromatic rings. The molecule has 2 aromatic heterocycles. The Morgan fingerprint density at radius 2 is 1.66 bits per heavy atom. The average Bonchev–Trinajstić information content (AvgIpc) is 3.81. The van der Waals surface area contributed by atoms with Gasteiger partial charge in [-0.15, -0.1) is 0 Å². The second-order valence-electron chi connectivity index (χ2n) is 13.9. The van der Waals surface area contributed by atoms with Gasteiger partial charge in [0.15, 0.2) is 5.82 Å². The first-order valence-electron chi connectivity index (χ1n) is 17.1. The summed E-state index contributed by atoms with van der Waals surface area (Å²) < 4.78 is 7.95. The number of ether oxygens (including phenoxy) is 1. The van der Waals surface area contributed by atoms with E-state index in [4.69, 9.17) is 14.7 Å². The molecule has 3 aromatic carbocycles. The number of amides is 1. The molecule has 246 valence electrons. The highest BCUT2D eigenvalue weighted by atomic mass is 16.5. The van der Waals surface area contributed by atoms with E-state index in [1.807, 2.05) is 42.5 Å². The van der Waals surface area contributed by atoms with E-state index in [9.17, 15) is 4.79 Å². The molecule has 1 fully saturated rings. The van der Waals surface area contributed by atoms with Crippen molar-refractivity contribution in [2.24, 2.45) is 5.92 Å². The van der Waals surface area contributed by atoms with Crippen molar-refractivity contribution in [3.63, 3.8) is 0 Å². The highest BCUT2D eigenvalue weighted by Gasteiger charge is 2.21. The number of imidazole rings is 1. The third-order valence-electron chi connectivity index (χ3n) is 8.60. The number of hydrogen-bond acceptors (Lipinski definition) is 6. The second kappa shape index (κ2) is 14.6. The minimum Gasteiger partial charge on any atom is -0.444 e. The summed E-state index contributed by atoms with van der Waals surface area (Å²) in [6.07, 6.45) is 6.46. The van der Waals surface area contributed by atoms with Gasteiger partial charge in [0.25, 0.3) is 0 Å². The van der Waals surface area contributed by atoms with Crippen LogP contribution in [0.5, 0.6) is 0 Å². The fourth-order valence-electron chi connectivity index (χ4n) is 5.95. The van der Waals surface area contributed by atoms with E-state index in [0.717, 1.165) is 71.8 Å². The third kappa shape index (κ3) is 8.69. The summed E-state index contributed by atoms with van der Waals surface area (Å²) in [5.41, 5.74) is 6.86. The predicted molar refractivity (Wildman–Crippen MR) is 192 cm³/mol. The molecule has 6 rings (SSSR count). The summed E-state index contributed by atoms with van der Waals surface area (Å²) in [5.74, 6) is 2.35. The molecule has 0 atom stereocenters. The van der Waals surface area contributed by atoms with Gasteiger partial charge in [0, 0.05) is 36.1 Å². The molecule has 8 nitrogen and oxygen atoms in total. The van der Waals surface area contributed by atoms with Crippen molar-refractivity contribution < 1.29 is 9.53 Å². The molecule has 0 radical (unpaired) electrons. The first kappa shape index (κ1) is 32.5. The number of benzene rings is 3. The lowest BCUT2D eigenvalue weighted by molar-refractivity contribution is 0.155. The van der Waals surface area contributed by atoms with Crippen LogP contribution in [0.4, 0.5) is 16.3 Å². The number of rotatable bonds is 14. The van der Waals surface area contributed by atoms with Gasteiger partial charge in [0.1, 0.15) is 17.9 Å². The lowest BCUT2D eigenvalue weighted by atomic mass is 10.1. The number of hydrogen-bond donors (Lipinski definition) is 3. The Morgan fingerprint density at radius 1 is 0.936 bits per heavy atom. The van der Waals surface area contributed by atoms with E-state index < -0.39 is 6.09 Å². The Kier molecular flexibility index (Phi) is 10.1. The summed E-state index contributed by atoms with van der Waals surface area (Å²) in [6, 6.07) is 24.9. The zero-order valence-electron chi connectivity index (χ0n) is 28.2. The van der Waals surface area contributed by atoms with Crippen LogP contribution < -0.4 is 16.0 Å². The molecule has 3 N–H and O–H groups in total. The molecule has 0 saturated heterocycles. The van der Waals surface area contributed by atoms with Crippen molar-refractivity contribution in [2.75, 3.05) is 17.2 Å². The zero-order chi connectivity index (χ0) is 32.8. The monoisotopic (exact) mass is 632 g/mol. The molecule has 1 aliphatic rings. The Labute approximate surface area is 278 Å². The Balaban J connectivity index is 1.22. The summed E-state index contributed by atoms with van der Waals surface area (Å²) in [5, 5.41) is 11.0. The number of fused-ring (bicyclic) bond motifs is 3. The van der Waals surface area contributed by atoms with Crippen LogP contribution in [0, 0.1) is 5.92 Å². The topological polar surface area (TPSA) is 93.1 Å². The standard InChI is InChI=1S/C39H48N6O2/c1-5-6-11-34-42-35-36(45(34)25-29-16-14-28(15-17-29)24-40-23-22-27-12-13-27)32-9-7-8-10-33(32)41-37(35)43-38(46)47-26-30-18-20-31(21-19-30)44-39(2,3)4/h7-10,14-21,27,40,44H,5-6,11-13,22-26H2,1-4H3,(H,41,43,46). The number of carbonyl (C=O) groups is 1. The average molecular weight is 633 g/mol. The van der Waals surface area contributed by atoms with Gasteiger partial charge in [0.2, 0.25) is 0 Å². The van der Waals surface area contributed by atoms with Gasteiger partial charge in [-0.2, -0.15) is 0 Å². The summed E-state index contributed by atoms with van der Waals surface area (Å²) in [6.45, 7) is 11.4. The first-order chi connectivity index (χ1) is 22.8. The van der Waals surface area contributed by atoms with Gasteiger partial charge in [0.05, 0.1) is 11.0 Å². The van der Waals surface area contributed by atoms with Crippen molar-refractivity contribution in [1.82, 2.24) is 19.9 Å². The van der Waals surface area contributed by atoms with Crippen LogP contribution in [-0.4, -0.2) is 32.7 Å². The maximum absolute atomic E-state index is 13.1. The van der Waals surface area contributed by atoms with Crippen LogP contribution >= 0.6 is 0 Å². The number of anilines is 2. The molecule has 0 unspecified atom stereocenters. The lowest BCUT2D eigenvalue weighted by Gasteiger charge is -2.22. The number of pyridine rings is 1. The van der Waals surface area contributed by atoms with E-state index in [-0.39, 0.29) is 12.1 Å². The molecule has 8 heteroatoms. The molecule has 1 amide bonds. The van der Waals surface area contributed by atoms with Crippen LogP contribution in [0.3, 0.4) is 0 Å². The molecule has 0 aliphatic heterocycles. The maximum Gasteiger partial charge on any atom is 0.413 e. The Morgan fingerprint density at radius 3 is 2.38 bits per heavy atom. The van der Waals surface area contributed by atoms with E-state index >= 15 is 0 Å². The predicted octanol–water partition coefficient (Wildman–Crippen LogP) is 8.82. The number of unbranched alkanes of at least 4 members (excludes halogenated alkanes) is 1. The van der Waals surface area contributed by atoms with Crippen molar-refractivity contribution in [2.45, 2.75) is 91.5 Å². The summed E-state index contributed by atoms with van der Waals surface area (Å²) in [4.78, 5) is 23.1. The maximum atomic E-state index is 13.1. The van der Waals surface area contributed by atoms with E-state index in [1.54, 1.807) is 0 Å². The van der Waals surface area contributed by atoms with Gasteiger partial charge in [-0.25, -0.2) is 14.8 Å². The molecular weight excluding hydrogens is 584 g/mol. The van der Waals surface area contributed by atoms with Gasteiger partial charge < -0.3 is 19.9 Å². The Hall–Kier alpha value is -4.43. The molecule has 1 saturated carbocycles. The minimum atomic E-state index is -0.558. The molecular formula is C39H48N6O2. The number of aryl methyl sites for hydroxylation is 1. The van der Waals surface area contributed by atoms with Crippen LogP contribution in [0.25, 0.3) is 21.9 Å². The lowest BCUT2D eigenvalue weighted by Crippen LogP contribution is -2.25. The van der Waals surface area contributed by atoms with Gasteiger partial charge in [-0.3, -0.25) is 5.32 Å². The van der Waals surface area contributed by atoms with Crippen LogP contribution in [0.2, 0.25) is 0 Å². The number of nitrogens with one attached hydrogen (secondary N) is 3. The second-order valence-corrected chi connectivity index (χ2v) is 13.9. The number of nitrogens with zero attached hydrogens (tertiary/aromatic N) is 3. The van der Waals surface area contributed by atoms with Gasteiger partial charge in [-0.05, 0) is 81.0 Å². The molecule has 2 heterocycles. The van der Waals surface area contributed by atoms with E-state index in [1.165, 1.54) is 30.4 Å². The molecule has 47 heavy (non-hydrogen) atoms. The van der Waals surface area contributed by atoms with Crippen LogP contribution in [0.1, 0.15) is 82.3 Å². The fourth-order valence-corrected chi connectivity index (χ4v) is 5.95. The molecule has 0 spiro atoms. The number of para-hydroxylation sites is 1. The van der Waals surface area contributed by atoms with Gasteiger partial charge >= 0.3 is 6.09 Å². The van der Waals surface area contributed by atoms with Crippen LogP contribution in [-0.2, 0) is 30.9 Å². The highest BCUT2D eigenvalue weighted by Crippen LogP contribution is 2.32. The number of carbonyl (C=O) groups excluding carboxylic acids is 1. The summed E-state index contributed by atoms with van der Waals surface area (Å²) >= 11 is 0. The Bertz CT molecular complexity index is 1800. The van der Waals surface area contributed by atoms with Gasteiger partial charge in [-0.1, -0.05) is 80.8 Å². The first-order valence-corrected chi connectivity index (χ1v) is 17.1. The highest BCUT2D eigenvalue weighted by molar-refractivity contribution is 6.09. The fraction of sp³-hybridized carbons (Fsp3) is 0.410. The zero-order valence-corrected chi connectivity index (χ0v) is 28.2. The van der Waals surface area contributed by atoms with Crippen molar-refractivity contribution in [3.8, 4) is 0 Å². The largest absolute Gasteiger partial charge is 0.444 e. The minimum absolute atomic E-state index is 0.0317. The molecule has 0 bridgehead atoms. The van der Waals surface area contributed by atoms with Crippen molar-refractivity contribution in [3.05, 3.63) is 95.3 Å². The van der Waals surface area contributed by atoms with E-state index in [0.29, 0.717) is 17.9 Å². The number of aromatic nitrogens is 3. The van der Waals surface area contributed by atoms with Crippen LogP contribution in [0.15, 0.2) is 72.8 Å². The van der Waals surface area contributed by atoms with Crippen molar-refractivity contribution in [1.29, 1.82) is 0 Å². The SMILES string of the molecule is CCCCc1nc2c(NC(=O)OCc3ccc(NC(C)(C)C)cc3)nc3ccccc3c2n1Cc1ccc(CNCCC2CC2)cc1. The molecule has 1 aliphatic carbocycles. The van der Waals surface area contributed by atoms with Crippen molar-refractivity contribution >= 4 is 39.5 Å². The quantitative estimate of drug-likeness (QED) is 0.106.